The molecule has 0 spiro atoms. The van der Waals surface area contributed by atoms with Crippen molar-refractivity contribution >= 4 is 17.7 Å². The molecule has 0 aromatic heterocycles. The van der Waals surface area contributed by atoms with Crippen LogP contribution in [0.3, 0.4) is 0 Å². The molecule has 0 aliphatic heterocycles. The quantitative estimate of drug-likeness (QED) is 0.832. The zero-order valence-electron chi connectivity index (χ0n) is 9.37. The van der Waals surface area contributed by atoms with E-state index < -0.39 is 10.7 Å². The fraction of sp³-hybridized carbons (Fsp3) is 0.357. The number of carboxylic acids is 1. The predicted molar refractivity (Wildman–Crippen MR) is 68.0 cm³/mol. The third kappa shape index (κ3) is 1.69. The summed E-state index contributed by atoms with van der Waals surface area (Å²) in [4.78, 5) is 12.7. The van der Waals surface area contributed by atoms with Gasteiger partial charge in [-0.3, -0.25) is 4.79 Å². The minimum absolute atomic E-state index is 0.190. The Morgan fingerprint density at radius 2 is 2.06 bits per heavy atom. The van der Waals surface area contributed by atoms with Crippen LogP contribution in [0.4, 0.5) is 0 Å². The summed E-state index contributed by atoms with van der Waals surface area (Å²) < 4.78 is -0.638. The normalized spacial score (nSPS) is 34.1. The van der Waals surface area contributed by atoms with E-state index in [1.807, 2.05) is 30.3 Å². The first-order valence-corrected chi connectivity index (χ1v) is 6.68. The van der Waals surface area contributed by atoms with Gasteiger partial charge in [-0.05, 0) is 30.9 Å². The molecule has 3 unspecified atom stereocenters. The summed E-state index contributed by atoms with van der Waals surface area (Å²) in [5.74, 6) is -0.00859. The molecule has 1 aromatic rings. The van der Waals surface area contributed by atoms with Gasteiger partial charge in [0.15, 0.2) is 0 Å². The van der Waals surface area contributed by atoms with Crippen molar-refractivity contribution in [3.63, 3.8) is 0 Å². The highest BCUT2D eigenvalue weighted by Crippen LogP contribution is 2.55. The number of aliphatic carboxylic acids is 1. The molecule has 2 aliphatic carbocycles. The van der Waals surface area contributed by atoms with Crippen LogP contribution in [0, 0.1) is 11.8 Å². The van der Waals surface area contributed by atoms with Crippen molar-refractivity contribution in [2.75, 3.05) is 0 Å². The average molecular weight is 246 g/mol. The molecule has 3 atom stereocenters. The van der Waals surface area contributed by atoms with Crippen LogP contribution in [-0.4, -0.2) is 15.8 Å². The number of carbonyl (C=O) groups is 1. The topological polar surface area (TPSA) is 37.3 Å². The first kappa shape index (κ1) is 10.9. The van der Waals surface area contributed by atoms with Crippen LogP contribution < -0.4 is 0 Å². The van der Waals surface area contributed by atoms with E-state index in [2.05, 4.69) is 12.2 Å². The van der Waals surface area contributed by atoms with Crippen molar-refractivity contribution in [3.8, 4) is 0 Å². The molecule has 3 heteroatoms. The maximum Gasteiger partial charge on any atom is 0.320 e. The Labute approximate surface area is 105 Å². The molecule has 1 saturated carbocycles. The lowest BCUT2D eigenvalue weighted by Crippen LogP contribution is -2.39. The lowest BCUT2D eigenvalue weighted by molar-refractivity contribution is -0.140. The standard InChI is InChI=1S/C14H14O2S/c15-13(16)14(9-10-6-7-11(14)8-10)17-12-4-2-1-3-5-12/h1-7,10-11H,8-9H2,(H,15,16). The van der Waals surface area contributed by atoms with Gasteiger partial charge in [-0.25, -0.2) is 0 Å². The van der Waals surface area contributed by atoms with Crippen LogP contribution in [0.25, 0.3) is 0 Å². The average Bonchev–Trinajstić information content (AvgIpc) is 2.91. The summed E-state index contributed by atoms with van der Waals surface area (Å²) in [6, 6.07) is 9.86. The molecule has 3 rings (SSSR count). The van der Waals surface area contributed by atoms with E-state index in [-0.39, 0.29) is 5.92 Å². The van der Waals surface area contributed by atoms with Crippen LogP contribution in [0.1, 0.15) is 12.8 Å². The lowest BCUT2D eigenvalue weighted by Gasteiger charge is -2.30. The fourth-order valence-electron chi connectivity index (χ4n) is 2.92. The Kier molecular flexibility index (Phi) is 2.51. The summed E-state index contributed by atoms with van der Waals surface area (Å²) in [7, 11) is 0. The van der Waals surface area contributed by atoms with Crippen LogP contribution in [0.2, 0.25) is 0 Å². The smallest absolute Gasteiger partial charge is 0.320 e. The largest absolute Gasteiger partial charge is 0.480 e. The molecule has 0 saturated heterocycles. The van der Waals surface area contributed by atoms with Crippen LogP contribution in [0.15, 0.2) is 47.4 Å². The minimum atomic E-state index is -0.664. The van der Waals surface area contributed by atoms with E-state index in [0.29, 0.717) is 5.92 Å². The van der Waals surface area contributed by atoms with Gasteiger partial charge in [0.1, 0.15) is 4.75 Å². The van der Waals surface area contributed by atoms with Crippen LogP contribution in [0.5, 0.6) is 0 Å². The van der Waals surface area contributed by atoms with Crippen molar-refractivity contribution < 1.29 is 9.90 Å². The summed E-state index contributed by atoms with van der Waals surface area (Å²) in [5, 5.41) is 9.59. The van der Waals surface area contributed by atoms with E-state index in [4.69, 9.17) is 0 Å². The van der Waals surface area contributed by atoms with E-state index in [0.717, 1.165) is 17.7 Å². The van der Waals surface area contributed by atoms with Crippen LogP contribution >= 0.6 is 11.8 Å². The zero-order chi connectivity index (χ0) is 11.9. The Bertz CT molecular complexity index is 468. The number of fused-ring (bicyclic) bond motifs is 2. The summed E-state index contributed by atoms with van der Waals surface area (Å²) in [6.07, 6.45) is 6.05. The van der Waals surface area contributed by atoms with Gasteiger partial charge in [-0.15, -0.1) is 11.8 Å². The third-order valence-corrected chi connectivity index (χ3v) is 5.26. The van der Waals surface area contributed by atoms with Gasteiger partial charge in [0.2, 0.25) is 0 Å². The Balaban J connectivity index is 1.92. The van der Waals surface area contributed by atoms with Gasteiger partial charge in [0, 0.05) is 10.8 Å². The first-order valence-electron chi connectivity index (χ1n) is 5.86. The molecule has 0 radical (unpaired) electrons. The molecule has 88 valence electrons. The molecule has 0 heterocycles. The van der Waals surface area contributed by atoms with Crippen molar-refractivity contribution in [2.24, 2.45) is 11.8 Å². The molecule has 17 heavy (non-hydrogen) atoms. The third-order valence-electron chi connectivity index (χ3n) is 3.74. The predicted octanol–water partition coefficient (Wildman–Crippen LogP) is 3.20. The molecular formula is C14H14O2S. The van der Waals surface area contributed by atoms with E-state index in [1.54, 1.807) is 0 Å². The van der Waals surface area contributed by atoms with Crippen LogP contribution in [-0.2, 0) is 4.79 Å². The second kappa shape index (κ2) is 3.91. The number of thioether (sulfide) groups is 1. The van der Waals surface area contributed by atoms with E-state index in [9.17, 15) is 9.90 Å². The van der Waals surface area contributed by atoms with Crippen molar-refractivity contribution in [3.05, 3.63) is 42.5 Å². The SMILES string of the molecule is O=C(O)C1(Sc2ccccc2)CC2C=CC1C2. The maximum absolute atomic E-state index is 11.7. The number of hydrogen-bond acceptors (Lipinski definition) is 2. The monoisotopic (exact) mass is 246 g/mol. The minimum Gasteiger partial charge on any atom is -0.480 e. The number of rotatable bonds is 3. The second-order valence-electron chi connectivity index (χ2n) is 4.80. The summed E-state index contributed by atoms with van der Waals surface area (Å²) in [6.45, 7) is 0. The lowest BCUT2D eigenvalue weighted by atomic mass is 9.92. The highest BCUT2D eigenvalue weighted by molar-refractivity contribution is 8.01. The van der Waals surface area contributed by atoms with E-state index >= 15 is 0 Å². The van der Waals surface area contributed by atoms with Gasteiger partial charge in [-0.2, -0.15) is 0 Å². The molecule has 1 aromatic carbocycles. The molecule has 1 N–H and O–H groups in total. The summed E-state index contributed by atoms with van der Waals surface area (Å²) in [5.41, 5.74) is 0. The van der Waals surface area contributed by atoms with Gasteiger partial charge in [-0.1, -0.05) is 30.4 Å². The second-order valence-corrected chi connectivity index (χ2v) is 6.21. The molecule has 2 nitrogen and oxygen atoms in total. The molecule has 2 bridgehead atoms. The number of hydrogen-bond donors (Lipinski definition) is 1. The highest BCUT2D eigenvalue weighted by Gasteiger charge is 2.54. The Morgan fingerprint density at radius 3 is 2.59 bits per heavy atom. The number of carboxylic acid groups (broad SMARTS) is 1. The Morgan fingerprint density at radius 1 is 1.29 bits per heavy atom. The number of benzene rings is 1. The Hall–Kier alpha value is -1.22. The molecular weight excluding hydrogens is 232 g/mol. The van der Waals surface area contributed by atoms with Crippen molar-refractivity contribution in [1.29, 1.82) is 0 Å². The fourth-order valence-corrected chi connectivity index (χ4v) is 4.34. The molecule has 0 amide bonds. The zero-order valence-corrected chi connectivity index (χ0v) is 10.2. The molecule has 1 fully saturated rings. The maximum atomic E-state index is 11.7. The van der Waals surface area contributed by atoms with E-state index in [1.165, 1.54) is 11.8 Å². The van der Waals surface area contributed by atoms with Gasteiger partial charge in [0.25, 0.3) is 0 Å². The van der Waals surface area contributed by atoms with Gasteiger partial charge < -0.3 is 5.11 Å². The van der Waals surface area contributed by atoms with Crippen molar-refractivity contribution in [2.45, 2.75) is 22.5 Å². The van der Waals surface area contributed by atoms with Gasteiger partial charge in [0.05, 0.1) is 0 Å². The highest BCUT2D eigenvalue weighted by atomic mass is 32.2. The molecule has 2 aliphatic rings. The number of allylic oxidation sites excluding steroid dienone is 2. The van der Waals surface area contributed by atoms with Gasteiger partial charge >= 0.3 is 5.97 Å². The van der Waals surface area contributed by atoms with Crippen molar-refractivity contribution in [1.82, 2.24) is 0 Å². The summed E-state index contributed by atoms with van der Waals surface area (Å²) >= 11 is 1.52. The first-order chi connectivity index (χ1) is 8.21.